The van der Waals surface area contributed by atoms with Crippen LogP contribution in [0.5, 0.6) is 0 Å². The minimum atomic E-state index is -3.68. The lowest BCUT2D eigenvalue weighted by atomic mass is 10.1. The quantitative estimate of drug-likeness (QED) is 0.814. The van der Waals surface area contributed by atoms with Gasteiger partial charge in [0, 0.05) is 17.2 Å². The van der Waals surface area contributed by atoms with Crippen LogP contribution in [0.25, 0.3) is 0 Å². The molecule has 0 saturated heterocycles. The van der Waals surface area contributed by atoms with Crippen molar-refractivity contribution in [2.45, 2.75) is 24.3 Å². The van der Waals surface area contributed by atoms with Crippen molar-refractivity contribution in [3.05, 3.63) is 22.7 Å². The van der Waals surface area contributed by atoms with Gasteiger partial charge in [0.2, 0.25) is 10.0 Å². The Kier molecular flexibility index (Phi) is 4.42. The Labute approximate surface area is 116 Å². The van der Waals surface area contributed by atoms with E-state index >= 15 is 0 Å². The molecule has 1 aromatic carbocycles. The Hall–Kier alpha value is -0.630. The van der Waals surface area contributed by atoms with Crippen LogP contribution in [0, 0.1) is 0 Å². The normalized spacial score (nSPS) is 13.0. The summed E-state index contributed by atoms with van der Waals surface area (Å²) in [7, 11) is -2.24. The highest BCUT2D eigenvalue weighted by Crippen LogP contribution is 2.27. The van der Waals surface area contributed by atoms with E-state index in [0.717, 1.165) is 4.31 Å². The fourth-order valence-electron chi connectivity index (χ4n) is 1.27. The van der Waals surface area contributed by atoms with Crippen molar-refractivity contribution in [3.63, 3.8) is 0 Å². The van der Waals surface area contributed by atoms with E-state index < -0.39 is 15.6 Å². The van der Waals surface area contributed by atoms with Gasteiger partial charge in [0.1, 0.15) is 0 Å². The van der Waals surface area contributed by atoms with Gasteiger partial charge in [0.25, 0.3) is 0 Å². The molecule has 3 N–H and O–H groups in total. The Morgan fingerprint density at radius 1 is 1.44 bits per heavy atom. The highest BCUT2D eigenvalue weighted by Gasteiger charge is 2.33. The van der Waals surface area contributed by atoms with E-state index in [-0.39, 0.29) is 11.5 Å². The predicted octanol–water partition coefficient (Wildman–Crippen LogP) is 1.42. The number of nitrogen functional groups attached to an aromatic ring is 1. The molecular weight excluding hydrogens is 320 g/mol. The summed E-state index contributed by atoms with van der Waals surface area (Å²) in [5.74, 6) is 0. The van der Waals surface area contributed by atoms with Crippen molar-refractivity contribution in [2.75, 3.05) is 19.4 Å². The van der Waals surface area contributed by atoms with Gasteiger partial charge in [0.15, 0.2) is 0 Å². The second-order valence-electron chi connectivity index (χ2n) is 4.63. The summed E-state index contributed by atoms with van der Waals surface area (Å²) in [6.45, 7) is 3.02. The van der Waals surface area contributed by atoms with Gasteiger partial charge in [-0.1, -0.05) is 0 Å². The number of hydrogen-bond donors (Lipinski definition) is 2. The molecule has 0 heterocycles. The molecule has 0 unspecified atom stereocenters. The van der Waals surface area contributed by atoms with Gasteiger partial charge < -0.3 is 10.8 Å². The highest BCUT2D eigenvalue weighted by molar-refractivity contribution is 9.10. The zero-order valence-corrected chi connectivity index (χ0v) is 12.9. The van der Waals surface area contributed by atoms with E-state index in [1.165, 1.54) is 19.2 Å². The minimum Gasteiger partial charge on any atom is -0.398 e. The summed E-state index contributed by atoms with van der Waals surface area (Å²) >= 11 is 3.21. The molecule has 102 valence electrons. The molecule has 18 heavy (non-hydrogen) atoms. The van der Waals surface area contributed by atoms with E-state index in [2.05, 4.69) is 15.9 Å². The summed E-state index contributed by atoms with van der Waals surface area (Å²) in [5, 5.41) is 9.24. The maximum Gasteiger partial charge on any atom is 0.243 e. The number of rotatable bonds is 4. The van der Waals surface area contributed by atoms with Crippen molar-refractivity contribution in [1.82, 2.24) is 4.31 Å². The molecular formula is C11H17BrN2O3S. The van der Waals surface area contributed by atoms with Crippen LogP contribution in [0.15, 0.2) is 27.6 Å². The number of halogens is 1. The molecule has 1 rings (SSSR count). The molecule has 1 aromatic rings. The smallest absolute Gasteiger partial charge is 0.243 e. The lowest BCUT2D eigenvalue weighted by molar-refractivity contribution is 0.138. The summed E-state index contributed by atoms with van der Waals surface area (Å²) in [4.78, 5) is 0.104. The largest absolute Gasteiger partial charge is 0.398 e. The fraction of sp³-hybridized carbons (Fsp3) is 0.455. The summed E-state index contributed by atoms with van der Waals surface area (Å²) in [6.07, 6.45) is 0. The first-order chi connectivity index (χ1) is 8.13. The zero-order valence-electron chi connectivity index (χ0n) is 10.5. The number of aliphatic hydroxyl groups excluding tert-OH is 1. The van der Waals surface area contributed by atoms with Crippen LogP contribution in [-0.4, -0.2) is 37.0 Å². The molecule has 5 nitrogen and oxygen atoms in total. The average Bonchev–Trinajstić information content (AvgIpc) is 2.31. The molecule has 7 heteroatoms. The molecule has 0 aliphatic rings. The molecule has 0 fully saturated rings. The topological polar surface area (TPSA) is 83.6 Å². The van der Waals surface area contributed by atoms with E-state index in [4.69, 9.17) is 5.73 Å². The first kappa shape index (κ1) is 15.4. The van der Waals surface area contributed by atoms with Crippen molar-refractivity contribution in [2.24, 2.45) is 0 Å². The first-order valence-corrected chi connectivity index (χ1v) is 7.51. The third kappa shape index (κ3) is 2.85. The second kappa shape index (κ2) is 5.16. The molecule has 0 radical (unpaired) electrons. The van der Waals surface area contributed by atoms with Crippen molar-refractivity contribution in [3.8, 4) is 0 Å². The van der Waals surface area contributed by atoms with Gasteiger partial charge in [-0.15, -0.1) is 0 Å². The lowest BCUT2D eigenvalue weighted by Gasteiger charge is -2.32. The van der Waals surface area contributed by atoms with Crippen LogP contribution in [0.1, 0.15) is 13.8 Å². The molecule has 0 aromatic heterocycles. The maximum atomic E-state index is 12.3. The van der Waals surface area contributed by atoms with Crippen LogP contribution in [0.3, 0.4) is 0 Å². The molecule has 0 spiro atoms. The molecule has 0 atom stereocenters. The summed E-state index contributed by atoms with van der Waals surface area (Å²) in [5.41, 5.74) is 5.16. The van der Waals surface area contributed by atoms with Gasteiger partial charge >= 0.3 is 0 Å². The van der Waals surface area contributed by atoms with Crippen LogP contribution in [0.4, 0.5) is 5.69 Å². The third-order valence-corrected chi connectivity index (χ3v) is 5.65. The number of anilines is 1. The summed E-state index contributed by atoms with van der Waals surface area (Å²) in [6, 6.07) is 4.45. The van der Waals surface area contributed by atoms with E-state index in [1.54, 1.807) is 19.9 Å². The van der Waals surface area contributed by atoms with E-state index in [1.807, 2.05) is 0 Å². The second-order valence-corrected chi connectivity index (χ2v) is 7.45. The number of sulfonamides is 1. The Morgan fingerprint density at radius 2 is 2.00 bits per heavy atom. The third-order valence-electron chi connectivity index (χ3n) is 2.87. The predicted molar refractivity (Wildman–Crippen MR) is 74.7 cm³/mol. The van der Waals surface area contributed by atoms with Gasteiger partial charge in [0.05, 0.1) is 17.0 Å². The zero-order chi connectivity index (χ0) is 14.1. The first-order valence-electron chi connectivity index (χ1n) is 5.28. The van der Waals surface area contributed by atoms with Gasteiger partial charge in [-0.25, -0.2) is 8.42 Å². The van der Waals surface area contributed by atoms with Crippen molar-refractivity contribution in [1.29, 1.82) is 0 Å². The molecule has 0 aliphatic heterocycles. The Balaban J connectivity index is 3.26. The molecule has 0 bridgehead atoms. The molecule has 0 saturated carbocycles. The standard InChI is InChI=1S/C11H17BrN2O3S/c1-11(2,7-15)14(3)18(16,17)8-4-5-9(12)10(13)6-8/h4-6,15H,7,13H2,1-3H3. The van der Waals surface area contributed by atoms with E-state index in [9.17, 15) is 13.5 Å². The average molecular weight is 337 g/mol. The minimum absolute atomic E-state index is 0.104. The lowest BCUT2D eigenvalue weighted by Crippen LogP contribution is -2.47. The number of likely N-dealkylation sites (N-methyl/N-ethyl adjacent to an activating group) is 1. The number of hydrogen-bond acceptors (Lipinski definition) is 4. The Morgan fingerprint density at radius 3 is 2.44 bits per heavy atom. The summed E-state index contributed by atoms with van der Waals surface area (Å²) < 4.78 is 26.5. The van der Waals surface area contributed by atoms with Crippen LogP contribution in [0.2, 0.25) is 0 Å². The molecule has 0 amide bonds. The number of nitrogens with two attached hydrogens (primary N) is 1. The maximum absolute atomic E-state index is 12.3. The van der Waals surface area contributed by atoms with Crippen molar-refractivity contribution < 1.29 is 13.5 Å². The monoisotopic (exact) mass is 336 g/mol. The fourth-order valence-corrected chi connectivity index (χ4v) is 3.05. The van der Waals surface area contributed by atoms with Crippen molar-refractivity contribution >= 4 is 31.6 Å². The van der Waals surface area contributed by atoms with Crippen LogP contribution >= 0.6 is 15.9 Å². The van der Waals surface area contributed by atoms with Gasteiger partial charge in [-0.2, -0.15) is 4.31 Å². The Bertz CT molecular complexity index is 543. The van der Waals surface area contributed by atoms with Gasteiger partial charge in [-0.3, -0.25) is 0 Å². The SMILES string of the molecule is CN(C(C)(C)CO)S(=O)(=O)c1ccc(Br)c(N)c1. The molecule has 0 aliphatic carbocycles. The number of benzene rings is 1. The highest BCUT2D eigenvalue weighted by atomic mass is 79.9. The van der Waals surface area contributed by atoms with Crippen LogP contribution in [-0.2, 0) is 10.0 Å². The number of nitrogens with zero attached hydrogens (tertiary/aromatic N) is 1. The van der Waals surface area contributed by atoms with E-state index in [0.29, 0.717) is 10.2 Å². The van der Waals surface area contributed by atoms with Gasteiger partial charge in [-0.05, 0) is 48.0 Å². The number of aliphatic hydroxyl groups is 1. The van der Waals surface area contributed by atoms with Crippen LogP contribution < -0.4 is 5.73 Å².